The van der Waals surface area contributed by atoms with Gasteiger partial charge in [-0.15, -0.1) is 11.3 Å². The monoisotopic (exact) mass is 454 g/mol. The standard InChI is InChI=1S/C26H18N2O4S/c29-25(27-21-13-5-9-17-7-1-3-11-19(17)21)31-23-15-33-16-24(23)32-26(30)28-22-14-6-10-18-8-2-4-12-20(18)22/h1-16H,(H,27,29)(H,28,30). The van der Waals surface area contributed by atoms with Gasteiger partial charge < -0.3 is 9.47 Å². The van der Waals surface area contributed by atoms with Crippen molar-refractivity contribution in [3.63, 3.8) is 0 Å². The van der Waals surface area contributed by atoms with Gasteiger partial charge in [0.1, 0.15) is 0 Å². The minimum absolute atomic E-state index is 0.158. The number of nitrogens with one attached hydrogen (secondary N) is 2. The van der Waals surface area contributed by atoms with Gasteiger partial charge in [0.2, 0.25) is 0 Å². The lowest BCUT2D eigenvalue weighted by atomic mass is 10.1. The molecule has 2 N–H and O–H groups in total. The average molecular weight is 455 g/mol. The second-order valence-electron chi connectivity index (χ2n) is 7.18. The van der Waals surface area contributed by atoms with Crippen LogP contribution in [0.5, 0.6) is 11.5 Å². The zero-order valence-electron chi connectivity index (χ0n) is 17.3. The number of hydrogen-bond acceptors (Lipinski definition) is 5. The van der Waals surface area contributed by atoms with Crippen LogP contribution < -0.4 is 20.1 Å². The van der Waals surface area contributed by atoms with Gasteiger partial charge in [-0.3, -0.25) is 10.6 Å². The van der Waals surface area contributed by atoms with Crippen molar-refractivity contribution >= 4 is 56.4 Å². The highest BCUT2D eigenvalue weighted by atomic mass is 32.1. The van der Waals surface area contributed by atoms with E-state index in [1.807, 2.05) is 72.8 Å². The topological polar surface area (TPSA) is 76.7 Å². The summed E-state index contributed by atoms with van der Waals surface area (Å²) in [5.41, 5.74) is 1.26. The third-order valence-corrected chi connectivity index (χ3v) is 5.75. The summed E-state index contributed by atoms with van der Waals surface area (Å²) in [4.78, 5) is 25.0. The van der Waals surface area contributed by atoms with E-state index in [0.717, 1.165) is 21.5 Å². The maximum absolute atomic E-state index is 12.5. The highest BCUT2D eigenvalue weighted by Gasteiger charge is 2.16. The molecular formula is C26H18N2O4S. The Bertz CT molecular complexity index is 1360. The summed E-state index contributed by atoms with van der Waals surface area (Å²) in [7, 11) is 0. The molecule has 1 heterocycles. The van der Waals surface area contributed by atoms with Crippen molar-refractivity contribution in [2.45, 2.75) is 0 Å². The summed E-state index contributed by atoms with van der Waals surface area (Å²) in [6.45, 7) is 0. The van der Waals surface area contributed by atoms with Crippen molar-refractivity contribution in [3.8, 4) is 11.5 Å². The first-order chi connectivity index (χ1) is 16.2. The molecule has 0 unspecified atom stereocenters. The van der Waals surface area contributed by atoms with Gasteiger partial charge in [0.15, 0.2) is 11.5 Å². The first kappa shape index (κ1) is 20.5. The predicted molar refractivity (Wildman–Crippen MR) is 132 cm³/mol. The van der Waals surface area contributed by atoms with E-state index in [2.05, 4.69) is 10.6 Å². The zero-order chi connectivity index (χ0) is 22.6. The normalized spacial score (nSPS) is 10.7. The second-order valence-corrected chi connectivity index (χ2v) is 7.93. The number of amides is 2. The predicted octanol–water partition coefficient (Wildman–Crippen LogP) is 7.28. The minimum Gasteiger partial charge on any atom is -0.405 e. The number of benzene rings is 4. The van der Waals surface area contributed by atoms with E-state index in [9.17, 15) is 9.59 Å². The maximum Gasteiger partial charge on any atom is 0.417 e. The van der Waals surface area contributed by atoms with Gasteiger partial charge in [-0.2, -0.15) is 0 Å². The highest BCUT2D eigenvalue weighted by Crippen LogP contribution is 2.33. The van der Waals surface area contributed by atoms with Crippen LogP contribution in [0.2, 0.25) is 0 Å². The largest absolute Gasteiger partial charge is 0.417 e. The lowest BCUT2D eigenvalue weighted by molar-refractivity contribution is 0.205. The van der Waals surface area contributed by atoms with Gasteiger partial charge in [-0.05, 0) is 22.9 Å². The Labute approximate surface area is 193 Å². The number of carbonyl (C=O) groups is 2. The molecule has 5 rings (SSSR count). The van der Waals surface area contributed by atoms with E-state index in [0.29, 0.717) is 11.4 Å². The Morgan fingerprint density at radius 1 is 0.576 bits per heavy atom. The molecule has 4 aromatic carbocycles. The van der Waals surface area contributed by atoms with Gasteiger partial charge in [0, 0.05) is 21.5 Å². The number of fused-ring (bicyclic) bond motifs is 2. The van der Waals surface area contributed by atoms with Gasteiger partial charge in [-0.1, -0.05) is 72.8 Å². The fourth-order valence-electron chi connectivity index (χ4n) is 3.56. The Morgan fingerprint density at radius 3 is 1.48 bits per heavy atom. The Balaban J connectivity index is 1.27. The minimum atomic E-state index is -0.677. The number of carbonyl (C=O) groups excluding carboxylic acids is 2. The molecule has 0 aliphatic carbocycles. The summed E-state index contributed by atoms with van der Waals surface area (Å²) in [6.07, 6.45) is -1.35. The van der Waals surface area contributed by atoms with Crippen LogP contribution in [0.4, 0.5) is 21.0 Å². The van der Waals surface area contributed by atoms with Crippen molar-refractivity contribution < 1.29 is 19.1 Å². The fraction of sp³-hybridized carbons (Fsp3) is 0. The number of anilines is 2. The van der Waals surface area contributed by atoms with Crippen molar-refractivity contribution in [2.75, 3.05) is 10.6 Å². The van der Waals surface area contributed by atoms with Crippen LogP contribution in [0.1, 0.15) is 0 Å². The van der Waals surface area contributed by atoms with Gasteiger partial charge in [-0.25, -0.2) is 9.59 Å². The average Bonchev–Trinajstić information content (AvgIpc) is 3.25. The first-order valence-electron chi connectivity index (χ1n) is 10.2. The van der Waals surface area contributed by atoms with Crippen LogP contribution in [0, 0.1) is 0 Å². The van der Waals surface area contributed by atoms with Crippen LogP contribution in [0.3, 0.4) is 0 Å². The molecule has 0 fully saturated rings. The molecule has 0 saturated carbocycles. The highest BCUT2D eigenvalue weighted by molar-refractivity contribution is 7.08. The molecular weight excluding hydrogens is 436 g/mol. The van der Waals surface area contributed by atoms with Gasteiger partial charge in [0.25, 0.3) is 0 Å². The summed E-state index contributed by atoms with van der Waals surface area (Å²) in [5, 5.41) is 12.5. The smallest absolute Gasteiger partial charge is 0.405 e. The van der Waals surface area contributed by atoms with E-state index in [1.165, 1.54) is 11.3 Å². The molecule has 162 valence electrons. The lowest BCUT2D eigenvalue weighted by Crippen LogP contribution is -2.19. The van der Waals surface area contributed by atoms with E-state index in [4.69, 9.17) is 9.47 Å². The van der Waals surface area contributed by atoms with Crippen LogP contribution in [-0.4, -0.2) is 12.2 Å². The quantitative estimate of drug-likeness (QED) is 0.299. The van der Waals surface area contributed by atoms with Crippen LogP contribution in [-0.2, 0) is 0 Å². The van der Waals surface area contributed by atoms with E-state index >= 15 is 0 Å². The SMILES string of the molecule is O=C(Nc1cccc2ccccc12)Oc1cscc1OC(=O)Nc1cccc2ccccc12. The second kappa shape index (κ2) is 9.02. The van der Waals surface area contributed by atoms with E-state index < -0.39 is 12.2 Å². The molecule has 1 aromatic heterocycles. The van der Waals surface area contributed by atoms with Crippen LogP contribution in [0.15, 0.2) is 95.7 Å². The van der Waals surface area contributed by atoms with Crippen molar-refractivity contribution in [1.29, 1.82) is 0 Å². The Morgan fingerprint density at radius 2 is 1.00 bits per heavy atom. The summed E-state index contributed by atoms with van der Waals surface area (Å²) in [6, 6.07) is 26.7. The molecule has 33 heavy (non-hydrogen) atoms. The zero-order valence-corrected chi connectivity index (χ0v) is 18.1. The van der Waals surface area contributed by atoms with E-state index in [-0.39, 0.29) is 11.5 Å². The van der Waals surface area contributed by atoms with Crippen molar-refractivity contribution in [2.24, 2.45) is 0 Å². The van der Waals surface area contributed by atoms with Gasteiger partial charge >= 0.3 is 12.2 Å². The maximum atomic E-state index is 12.5. The molecule has 6 nitrogen and oxygen atoms in total. The van der Waals surface area contributed by atoms with Gasteiger partial charge in [0.05, 0.1) is 11.4 Å². The fourth-order valence-corrected chi connectivity index (χ4v) is 4.21. The van der Waals surface area contributed by atoms with Crippen LogP contribution in [0.25, 0.3) is 21.5 Å². The summed E-state index contributed by atoms with van der Waals surface area (Å²) in [5.74, 6) is 0.316. The Kier molecular flexibility index (Phi) is 5.61. The van der Waals surface area contributed by atoms with Crippen LogP contribution >= 0.6 is 11.3 Å². The molecule has 2 amide bonds. The molecule has 0 bridgehead atoms. The summed E-state index contributed by atoms with van der Waals surface area (Å²) < 4.78 is 10.8. The number of thiophene rings is 1. The molecule has 0 atom stereocenters. The molecule has 5 aromatic rings. The van der Waals surface area contributed by atoms with E-state index in [1.54, 1.807) is 22.9 Å². The molecule has 0 aliphatic heterocycles. The summed E-state index contributed by atoms with van der Waals surface area (Å²) >= 11 is 1.26. The number of ether oxygens (including phenoxy) is 2. The van der Waals surface area contributed by atoms with Crippen molar-refractivity contribution in [1.82, 2.24) is 0 Å². The molecule has 0 aliphatic rings. The molecule has 0 spiro atoms. The first-order valence-corrected chi connectivity index (χ1v) is 11.1. The Hall–Kier alpha value is -4.36. The third kappa shape index (κ3) is 4.49. The third-order valence-electron chi connectivity index (χ3n) is 5.05. The lowest BCUT2D eigenvalue weighted by Gasteiger charge is -2.11. The molecule has 7 heteroatoms. The molecule has 0 radical (unpaired) electrons. The van der Waals surface area contributed by atoms with Crippen molar-refractivity contribution in [3.05, 3.63) is 95.7 Å². The molecule has 0 saturated heterocycles. The number of hydrogen-bond donors (Lipinski definition) is 2. The number of rotatable bonds is 4.